The normalized spacial score (nSPS) is 21.1. The molecule has 0 saturated heterocycles. The third-order valence-electron chi connectivity index (χ3n) is 4.75. The molecule has 0 aliphatic heterocycles. The second-order valence-corrected chi connectivity index (χ2v) is 6.49. The van der Waals surface area contributed by atoms with Crippen molar-refractivity contribution in [1.82, 2.24) is 5.32 Å². The fourth-order valence-corrected chi connectivity index (χ4v) is 3.22. The van der Waals surface area contributed by atoms with Crippen LogP contribution in [0.5, 0.6) is 0 Å². The highest BCUT2D eigenvalue weighted by molar-refractivity contribution is 5.88. The third kappa shape index (κ3) is 3.01. The molecule has 4 nitrogen and oxygen atoms in total. The fraction of sp³-hybridized carbons (Fsp3) is 0.556. The second-order valence-electron chi connectivity index (χ2n) is 6.49. The lowest BCUT2D eigenvalue weighted by Gasteiger charge is -2.28. The molecule has 3 rings (SSSR count). The monoisotopic (exact) mass is 301 g/mol. The molecule has 0 spiro atoms. The molecule has 2 aliphatic carbocycles. The quantitative estimate of drug-likeness (QED) is 0.851. The molecule has 2 fully saturated rings. The molecule has 1 amide bonds. The predicted molar refractivity (Wildman–Crippen MR) is 83.3 cm³/mol. The van der Waals surface area contributed by atoms with Crippen LogP contribution in [0.3, 0.4) is 0 Å². The van der Waals surface area contributed by atoms with E-state index in [1.54, 1.807) is 6.92 Å². The SMILES string of the molecule is C[C@@H](OC(=O)C1(c2ccccc2)CCCC1)C(=O)NC1CC1. The molecule has 2 aliphatic rings. The average Bonchev–Trinajstić information content (AvgIpc) is 3.20. The Hall–Kier alpha value is -1.84. The van der Waals surface area contributed by atoms with Crippen molar-refractivity contribution in [2.45, 2.75) is 63.0 Å². The Balaban J connectivity index is 1.71. The van der Waals surface area contributed by atoms with Crippen LogP contribution in [0, 0.1) is 0 Å². The van der Waals surface area contributed by atoms with E-state index >= 15 is 0 Å². The van der Waals surface area contributed by atoms with Crippen LogP contribution in [0.1, 0.15) is 51.0 Å². The van der Waals surface area contributed by atoms with Gasteiger partial charge < -0.3 is 10.1 Å². The Kier molecular flexibility index (Phi) is 4.19. The van der Waals surface area contributed by atoms with Gasteiger partial charge in [0, 0.05) is 6.04 Å². The Labute approximate surface area is 131 Å². The second kappa shape index (κ2) is 6.11. The summed E-state index contributed by atoms with van der Waals surface area (Å²) in [7, 11) is 0. The Morgan fingerprint density at radius 1 is 1.18 bits per heavy atom. The van der Waals surface area contributed by atoms with Crippen molar-refractivity contribution in [1.29, 1.82) is 0 Å². The first kappa shape index (κ1) is 15.1. The number of carbonyl (C=O) groups is 2. The lowest BCUT2D eigenvalue weighted by molar-refractivity contribution is -0.160. The number of nitrogens with one attached hydrogen (secondary N) is 1. The molecule has 4 heteroatoms. The molecular formula is C18H23NO3. The van der Waals surface area contributed by atoms with Gasteiger partial charge in [0.15, 0.2) is 6.10 Å². The molecular weight excluding hydrogens is 278 g/mol. The van der Waals surface area contributed by atoms with Crippen LogP contribution in [0.25, 0.3) is 0 Å². The summed E-state index contributed by atoms with van der Waals surface area (Å²) in [4.78, 5) is 24.8. The van der Waals surface area contributed by atoms with Crippen molar-refractivity contribution < 1.29 is 14.3 Å². The highest BCUT2D eigenvalue weighted by Crippen LogP contribution is 2.42. The van der Waals surface area contributed by atoms with E-state index in [1.165, 1.54) is 0 Å². The van der Waals surface area contributed by atoms with Crippen molar-refractivity contribution in [2.24, 2.45) is 0 Å². The van der Waals surface area contributed by atoms with E-state index in [0.29, 0.717) is 0 Å². The van der Waals surface area contributed by atoms with Crippen molar-refractivity contribution in [2.75, 3.05) is 0 Å². The van der Waals surface area contributed by atoms with Crippen molar-refractivity contribution in [3.05, 3.63) is 35.9 Å². The number of hydrogen-bond acceptors (Lipinski definition) is 3. The maximum atomic E-state index is 12.8. The summed E-state index contributed by atoms with van der Waals surface area (Å²) in [5.74, 6) is -0.438. The van der Waals surface area contributed by atoms with Crippen molar-refractivity contribution in [3.8, 4) is 0 Å². The van der Waals surface area contributed by atoms with Gasteiger partial charge in [-0.15, -0.1) is 0 Å². The number of rotatable bonds is 5. The summed E-state index contributed by atoms with van der Waals surface area (Å²) >= 11 is 0. The molecule has 1 aromatic carbocycles. The van der Waals surface area contributed by atoms with Crippen LogP contribution >= 0.6 is 0 Å². The Morgan fingerprint density at radius 3 is 2.41 bits per heavy atom. The minimum absolute atomic E-state index is 0.183. The molecule has 1 atom stereocenters. The Bertz CT molecular complexity index is 545. The topological polar surface area (TPSA) is 55.4 Å². The largest absolute Gasteiger partial charge is 0.452 e. The van der Waals surface area contributed by atoms with Gasteiger partial charge in [-0.3, -0.25) is 9.59 Å². The minimum Gasteiger partial charge on any atom is -0.452 e. The highest BCUT2D eigenvalue weighted by atomic mass is 16.5. The van der Waals surface area contributed by atoms with Gasteiger partial charge in [-0.2, -0.15) is 0 Å². The number of hydrogen-bond donors (Lipinski definition) is 1. The molecule has 1 N–H and O–H groups in total. The summed E-state index contributed by atoms with van der Waals surface area (Å²) in [5, 5.41) is 2.89. The van der Waals surface area contributed by atoms with Gasteiger partial charge in [0.05, 0.1) is 5.41 Å². The number of amides is 1. The summed E-state index contributed by atoms with van der Waals surface area (Å²) in [6.07, 6.45) is 4.97. The maximum Gasteiger partial charge on any atom is 0.317 e. The zero-order chi connectivity index (χ0) is 15.6. The van der Waals surface area contributed by atoms with Crippen LogP contribution < -0.4 is 5.32 Å². The van der Waals surface area contributed by atoms with E-state index in [-0.39, 0.29) is 17.9 Å². The summed E-state index contributed by atoms with van der Waals surface area (Å²) in [6, 6.07) is 10.1. The van der Waals surface area contributed by atoms with Crippen LogP contribution in [0.2, 0.25) is 0 Å². The summed E-state index contributed by atoms with van der Waals surface area (Å²) in [6.45, 7) is 1.66. The molecule has 2 saturated carbocycles. The van der Waals surface area contributed by atoms with Crippen LogP contribution in [0.15, 0.2) is 30.3 Å². The van der Waals surface area contributed by atoms with E-state index in [1.807, 2.05) is 30.3 Å². The predicted octanol–water partition coefficient (Wildman–Crippen LogP) is 2.71. The molecule has 0 heterocycles. The van der Waals surface area contributed by atoms with Gasteiger partial charge in [0.25, 0.3) is 5.91 Å². The van der Waals surface area contributed by atoms with E-state index in [0.717, 1.165) is 44.1 Å². The Morgan fingerprint density at radius 2 is 1.82 bits per heavy atom. The first-order valence-corrected chi connectivity index (χ1v) is 8.19. The van der Waals surface area contributed by atoms with Gasteiger partial charge in [0.1, 0.15) is 0 Å². The van der Waals surface area contributed by atoms with Crippen molar-refractivity contribution >= 4 is 11.9 Å². The molecule has 118 valence electrons. The smallest absolute Gasteiger partial charge is 0.317 e. The number of carbonyl (C=O) groups excluding carboxylic acids is 2. The first-order valence-electron chi connectivity index (χ1n) is 8.19. The van der Waals surface area contributed by atoms with E-state index in [2.05, 4.69) is 5.32 Å². The van der Waals surface area contributed by atoms with Crippen LogP contribution in [-0.4, -0.2) is 24.0 Å². The number of esters is 1. The highest BCUT2D eigenvalue weighted by Gasteiger charge is 2.45. The fourth-order valence-electron chi connectivity index (χ4n) is 3.22. The molecule has 1 aromatic rings. The van der Waals surface area contributed by atoms with Crippen LogP contribution in [-0.2, 0) is 19.7 Å². The minimum atomic E-state index is -0.728. The zero-order valence-electron chi connectivity index (χ0n) is 13.0. The third-order valence-corrected chi connectivity index (χ3v) is 4.75. The molecule has 0 aromatic heterocycles. The van der Waals surface area contributed by atoms with Gasteiger partial charge in [-0.1, -0.05) is 43.2 Å². The van der Waals surface area contributed by atoms with Crippen LogP contribution in [0.4, 0.5) is 0 Å². The van der Waals surface area contributed by atoms with E-state index in [4.69, 9.17) is 4.74 Å². The molecule has 0 bridgehead atoms. The van der Waals surface area contributed by atoms with Crippen molar-refractivity contribution in [3.63, 3.8) is 0 Å². The van der Waals surface area contributed by atoms with Gasteiger partial charge in [-0.05, 0) is 38.2 Å². The zero-order valence-corrected chi connectivity index (χ0v) is 13.0. The molecule has 0 unspecified atom stereocenters. The van der Waals surface area contributed by atoms with Gasteiger partial charge >= 0.3 is 5.97 Å². The summed E-state index contributed by atoms with van der Waals surface area (Å²) < 4.78 is 5.53. The standard InChI is InChI=1S/C18H23NO3/c1-13(16(20)19-15-9-10-15)22-17(21)18(11-5-6-12-18)14-7-3-2-4-8-14/h2-4,7-8,13,15H,5-6,9-12H2,1H3,(H,19,20)/t13-/m1/s1. The summed E-state index contributed by atoms with van der Waals surface area (Å²) in [5.41, 5.74) is 0.433. The molecule has 0 radical (unpaired) electrons. The number of benzene rings is 1. The van der Waals surface area contributed by atoms with E-state index < -0.39 is 11.5 Å². The van der Waals surface area contributed by atoms with E-state index in [9.17, 15) is 9.59 Å². The average molecular weight is 301 g/mol. The first-order chi connectivity index (χ1) is 10.6. The number of ether oxygens (including phenoxy) is 1. The van der Waals surface area contributed by atoms with Gasteiger partial charge in [-0.25, -0.2) is 0 Å². The lowest BCUT2D eigenvalue weighted by atomic mass is 9.79. The molecule has 22 heavy (non-hydrogen) atoms. The lowest BCUT2D eigenvalue weighted by Crippen LogP contribution is -2.42. The van der Waals surface area contributed by atoms with Gasteiger partial charge in [0.2, 0.25) is 0 Å². The maximum absolute atomic E-state index is 12.8.